The monoisotopic (exact) mass is 271 g/mol. The Morgan fingerprint density at radius 3 is 2.77 bits per heavy atom. The van der Waals surface area contributed by atoms with Gasteiger partial charge >= 0.3 is 0 Å². The maximum atomic E-state index is 11.4. The fourth-order valence-electron chi connectivity index (χ4n) is 1.54. The number of alkyl halides is 1. The summed E-state index contributed by atoms with van der Waals surface area (Å²) in [5, 5.41) is 8.70. The Balaban J connectivity index is 2.50. The minimum Gasteiger partial charge on any atom is -0.396 e. The van der Waals surface area contributed by atoms with E-state index in [0.717, 1.165) is 6.42 Å². The molecule has 0 aliphatic carbocycles. The van der Waals surface area contributed by atoms with Gasteiger partial charge in [-0.3, -0.25) is 0 Å². The van der Waals surface area contributed by atoms with Gasteiger partial charge in [0.1, 0.15) is 4.66 Å². The number of nitrogens with zero attached hydrogens (tertiary/aromatic N) is 1. The van der Waals surface area contributed by atoms with Gasteiger partial charge in [0.2, 0.25) is 10.0 Å². The Hall–Kier alpha value is 0.350. The van der Waals surface area contributed by atoms with Crippen molar-refractivity contribution in [3.63, 3.8) is 0 Å². The third-order valence-electron chi connectivity index (χ3n) is 2.32. The molecule has 0 spiro atoms. The Bertz CT molecular complexity index is 254. The van der Waals surface area contributed by atoms with Crippen LogP contribution in [-0.4, -0.2) is 42.2 Å². The van der Waals surface area contributed by atoms with E-state index < -0.39 is 10.0 Å². The first kappa shape index (κ1) is 11.4. The Morgan fingerprint density at radius 2 is 2.23 bits per heavy atom. The van der Waals surface area contributed by atoms with E-state index in [1.54, 1.807) is 0 Å². The van der Waals surface area contributed by atoms with Crippen molar-refractivity contribution < 1.29 is 13.5 Å². The van der Waals surface area contributed by atoms with Crippen molar-refractivity contribution >= 4 is 26.0 Å². The zero-order valence-electron chi connectivity index (χ0n) is 7.32. The van der Waals surface area contributed by atoms with Crippen LogP contribution < -0.4 is 0 Å². The highest BCUT2D eigenvalue weighted by Crippen LogP contribution is 2.22. The highest BCUT2D eigenvalue weighted by molar-refractivity contribution is 9.10. The summed E-state index contributed by atoms with van der Waals surface area (Å²) in [7, 11) is -3.08. The minimum absolute atomic E-state index is 0.00809. The molecule has 78 valence electrons. The molecule has 4 nitrogen and oxygen atoms in total. The molecule has 0 bridgehead atoms. The number of hydrogen-bond acceptors (Lipinski definition) is 3. The summed E-state index contributed by atoms with van der Waals surface area (Å²) >= 11 is 2.96. The van der Waals surface area contributed by atoms with Crippen LogP contribution in [0, 0.1) is 5.92 Å². The molecule has 0 saturated carbocycles. The summed E-state index contributed by atoms with van der Waals surface area (Å²) in [6.07, 6.45) is 1.57. The largest absolute Gasteiger partial charge is 0.396 e. The molecule has 1 aliphatic heterocycles. The SMILES string of the molecule is O=S(=O)(CBr)N1CCC(CCO)C1. The van der Waals surface area contributed by atoms with Gasteiger partial charge in [0.15, 0.2) is 0 Å². The van der Waals surface area contributed by atoms with Crippen LogP contribution in [0.3, 0.4) is 0 Å². The lowest BCUT2D eigenvalue weighted by atomic mass is 10.1. The molecule has 13 heavy (non-hydrogen) atoms. The molecule has 0 amide bonds. The average Bonchev–Trinajstić information content (AvgIpc) is 2.54. The highest BCUT2D eigenvalue weighted by atomic mass is 79.9. The summed E-state index contributed by atoms with van der Waals surface area (Å²) in [5.74, 6) is 0.332. The average molecular weight is 272 g/mol. The lowest BCUT2D eigenvalue weighted by Gasteiger charge is -2.13. The van der Waals surface area contributed by atoms with Crippen LogP contribution in [0.1, 0.15) is 12.8 Å². The zero-order valence-corrected chi connectivity index (χ0v) is 9.72. The van der Waals surface area contributed by atoms with Gasteiger partial charge in [0.25, 0.3) is 0 Å². The summed E-state index contributed by atoms with van der Waals surface area (Å²) in [6, 6.07) is 0. The van der Waals surface area contributed by atoms with Gasteiger partial charge in [-0.05, 0) is 18.8 Å². The van der Waals surface area contributed by atoms with Gasteiger partial charge in [0, 0.05) is 19.7 Å². The standard InChI is InChI=1S/C7H14BrNO3S/c8-6-13(11,12)9-3-1-7(5-9)2-4-10/h7,10H,1-6H2. The zero-order chi connectivity index (χ0) is 9.90. The van der Waals surface area contributed by atoms with Gasteiger partial charge in [-0.15, -0.1) is 0 Å². The van der Waals surface area contributed by atoms with Crippen LogP contribution in [0.5, 0.6) is 0 Å². The van der Waals surface area contributed by atoms with Crippen molar-refractivity contribution in [1.29, 1.82) is 0 Å². The summed E-state index contributed by atoms with van der Waals surface area (Å²) in [4.78, 5) is 0. The van der Waals surface area contributed by atoms with Crippen molar-refractivity contribution in [2.75, 3.05) is 24.4 Å². The van der Waals surface area contributed by atoms with Gasteiger partial charge in [0.05, 0.1) is 0 Å². The Kier molecular flexibility index (Phi) is 4.15. The van der Waals surface area contributed by atoms with Crippen molar-refractivity contribution in [3.8, 4) is 0 Å². The van der Waals surface area contributed by atoms with Crippen LogP contribution in [0.15, 0.2) is 0 Å². The van der Waals surface area contributed by atoms with Gasteiger partial charge < -0.3 is 5.11 Å². The third-order valence-corrected chi connectivity index (χ3v) is 5.45. The fourth-order valence-corrected chi connectivity index (χ4v) is 3.37. The Labute approximate surface area is 87.1 Å². The van der Waals surface area contributed by atoms with Crippen molar-refractivity contribution in [2.24, 2.45) is 5.92 Å². The molecule has 1 heterocycles. The van der Waals surface area contributed by atoms with E-state index in [0.29, 0.717) is 25.4 Å². The summed E-state index contributed by atoms with van der Waals surface area (Å²) in [5.41, 5.74) is 0. The minimum atomic E-state index is -3.08. The third kappa shape index (κ3) is 2.90. The molecule has 1 saturated heterocycles. The summed E-state index contributed by atoms with van der Waals surface area (Å²) < 4.78 is 24.2. The van der Waals surface area contributed by atoms with E-state index in [1.165, 1.54) is 4.31 Å². The lowest BCUT2D eigenvalue weighted by Crippen LogP contribution is -2.29. The highest BCUT2D eigenvalue weighted by Gasteiger charge is 2.29. The van der Waals surface area contributed by atoms with Crippen LogP contribution in [0.25, 0.3) is 0 Å². The van der Waals surface area contributed by atoms with Crippen LogP contribution in [0.4, 0.5) is 0 Å². The molecule has 6 heteroatoms. The molecule has 0 aromatic heterocycles. The smallest absolute Gasteiger partial charge is 0.224 e. The fraction of sp³-hybridized carbons (Fsp3) is 1.00. The number of aliphatic hydroxyl groups excluding tert-OH is 1. The van der Waals surface area contributed by atoms with Gasteiger partial charge in [-0.2, -0.15) is 0 Å². The quantitative estimate of drug-likeness (QED) is 0.752. The molecular formula is C7H14BrNO3S. The first-order chi connectivity index (χ1) is 6.10. The van der Waals surface area contributed by atoms with E-state index in [2.05, 4.69) is 15.9 Å². The predicted octanol–water partition coefficient (Wildman–Crippen LogP) is 0.373. The second-order valence-electron chi connectivity index (χ2n) is 3.25. The van der Waals surface area contributed by atoms with E-state index in [4.69, 9.17) is 5.11 Å². The first-order valence-corrected chi connectivity index (χ1v) is 6.98. The number of sulfonamides is 1. The van der Waals surface area contributed by atoms with Crippen LogP contribution >= 0.6 is 15.9 Å². The van der Waals surface area contributed by atoms with E-state index in [-0.39, 0.29) is 11.3 Å². The van der Waals surface area contributed by atoms with Crippen molar-refractivity contribution in [1.82, 2.24) is 4.31 Å². The number of halogens is 1. The van der Waals surface area contributed by atoms with Crippen molar-refractivity contribution in [3.05, 3.63) is 0 Å². The van der Waals surface area contributed by atoms with E-state index >= 15 is 0 Å². The van der Waals surface area contributed by atoms with Crippen LogP contribution in [0.2, 0.25) is 0 Å². The van der Waals surface area contributed by atoms with E-state index in [9.17, 15) is 8.42 Å². The molecule has 0 aromatic rings. The Morgan fingerprint density at radius 1 is 1.54 bits per heavy atom. The van der Waals surface area contributed by atoms with Gasteiger partial charge in [-0.1, -0.05) is 15.9 Å². The molecule has 0 radical (unpaired) electrons. The molecule has 1 unspecified atom stereocenters. The molecule has 1 aliphatic rings. The second-order valence-corrected chi connectivity index (χ2v) is 6.52. The predicted molar refractivity (Wildman–Crippen MR) is 54.1 cm³/mol. The van der Waals surface area contributed by atoms with Crippen molar-refractivity contribution in [2.45, 2.75) is 12.8 Å². The molecule has 1 rings (SSSR count). The maximum Gasteiger partial charge on any atom is 0.224 e. The molecule has 1 fully saturated rings. The van der Waals surface area contributed by atoms with Gasteiger partial charge in [-0.25, -0.2) is 12.7 Å². The van der Waals surface area contributed by atoms with Crippen LogP contribution in [-0.2, 0) is 10.0 Å². The molecule has 0 aromatic carbocycles. The number of rotatable bonds is 4. The van der Waals surface area contributed by atoms with E-state index in [1.807, 2.05) is 0 Å². The first-order valence-electron chi connectivity index (χ1n) is 4.25. The normalized spacial score (nSPS) is 25.2. The molecular weight excluding hydrogens is 258 g/mol. The molecule has 1 atom stereocenters. The molecule has 1 N–H and O–H groups in total. The summed E-state index contributed by atoms with van der Waals surface area (Å²) in [6.45, 7) is 1.31. The number of aliphatic hydroxyl groups is 1. The second kappa shape index (κ2) is 4.72. The number of hydrogen-bond donors (Lipinski definition) is 1. The lowest BCUT2D eigenvalue weighted by molar-refractivity contribution is 0.260. The maximum absolute atomic E-state index is 11.4. The topological polar surface area (TPSA) is 57.6 Å².